The van der Waals surface area contributed by atoms with Crippen molar-refractivity contribution in [2.24, 2.45) is 5.92 Å². The Kier molecular flexibility index (Phi) is 19.7. The van der Waals surface area contributed by atoms with E-state index in [1.54, 1.807) is 6.92 Å². The molecule has 1 aromatic rings. The molecule has 0 atom stereocenters. The van der Waals surface area contributed by atoms with Crippen LogP contribution in [-0.2, 0) is 14.4 Å². The number of rotatable bonds is 8. The molecule has 1 saturated heterocycles. The van der Waals surface area contributed by atoms with Crippen LogP contribution in [0.1, 0.15) is 65.2 Å². The maximum absolute atomic E-state index is 11.2. The Morgan fingerprint density at radius 3 is 2.14 bits per heavy atom. The Morgan fingerprint density at radius 1 is 1.00 bits per heavy atom. The lowest BCUT2D eigenvalue weighted by Gasteiger charge is -2.36. The fourth-order valence-electron chi connectivity index (χ4n) is 4.57. The molecule has 1 aromatic carbocycles. The third kappa shape index (κ3) is 15.4. The fraction of sp³-hybridized carbons (Fsp3) is 0.679. The van der Waals surface area contributed by atoms with E-state index < -0.39 is 0 Å². The van der Waals surface area contributed by atoms with Gasteiger partial charge in [-0.1, -0.05) is 51.5 Å². The van der Waals surface area contributed by atoms with Crippen molar-refractivity contribution in [3.63, 3.8) is 0 Å². The smallest absolute Gasteiger partial charge is 0.221 e. The van der Waals surface area contributed by atoms with Crippen LogP contribution in [0, 0.1) is 5.92 Å². The van der Waals surface area contributed by atoms with Gasteiger partial charge in [0.1, 0.15) is 13.6 Å². The summed E-state index contributed by atoms with van der Waals surface area (Å²) in [7, 11) is 4.27. The monoisotopic (exact) mass is 490 g/mol. The van der Waals surface area contributed by atoms with Crippen LogP contribution in [0.4, 0.5) is 11.4 Å². The van der Waals surface area contributed by atoms with E-state index in [-0.39, 0.29) is 5.91 Å². The highest BCUT2D eigenvalue weighted by molar-refractivity contribution is 5.89. The number of nitrogens with one attached hydrogen (secondary N) is 1. The van der Waals surface area contributed by atoms with Crippen molar-refractivity contribution in [2.45, 2.75) is 65.2 Å². The molecule has 3 rings (SSSR count). The first kappa shape index (κ1) is 32.8. The highest BCUT2D eigenvalue weighted by atomic mass is 16.1. The molecular weight excluding hydrogens is 440 g/mol. The molecule has 35 heavy (non-hydrogen) atoms. The van der Waals surface area contributed by atoms with E-state index in [1.807, 2.05) is 25.7 Å². The molecule has 1 aliphatic carbocycles. The number of anilines is 2. The van der Waals surface area contributed by atoms with Crippen molar-refractivity contribution in [3.8, 4) is 0 Å². The van der Waals surface area contributed by atoms with Crippen molar-refractivity contribution >= 4 is 30.9 Å². The van der Waals surface area contributed by atoms with Crippen LogP contribution in [0.3, 0.4) is 0 Å². The molecule has 1 N–H and O–H groups in total. The molecule has 1 heterocycles. The first-order valence-corrected chi connectivity index (χ1v) is 13.1. The van der Waals surface area contributed by atoms with E-state index in [4.69, 9.17) is 9.59 Å². The largest absolute Gasteiger partial charge is 0.369 e. The van der Waals surface area contributed by atoms with E-state index >= 15 is 0 Å². The Labute approximate surface area is 214 Å². The number of hydrogen-bond acceptors (Lipinski definition) is 6. The van der Waals surface area contributed by atoms with Gasteiger partial charge in [-0.2, -0.15) is 0 Å². The summed E-state index contributed by atoms with van der Waals surface area (Å²) >= 11 is 0. The summed E-state index contributed by atoms with van der Waals surface area (Å²) in [6.07, 6.45) is 11.5. The minimum absolute atomic E-state index is 0.0234. The zero-order valence-electron chi connectivity index (χ0n) is 22.8. The van der Waals surface area contributed by atoms with Crippen molar-refractivity contribution in [2.75, 3.05) is 63.6 Å². The van der Waals surface area contributed by atoms with Gasteiger partial charge in [0.05, 0.1) is 0 Å². The second kappa shape index (κ2) is 21.1. The van der Waals surface area contributed by atoms with Gasteiger partial charge in [0.15, 0.2) is 0 Å². The summed E-state index contributed by atoms with van der Waals surface area (Å²) in [5.74, 6) is 1.06. The Hall–Kier alpha value is -2.25. The van der Waals surface area contributed by atoms with Gasteiger partial charge < -0.3 is 24.7 Å². The summed E-state index contributed by atoms with van der Waals surface area (Å²) in [5.41, 5.74) is 2.07. The van der Waals surface area contributed by atoms with Gasteiger partial charge in [0.2, 0.25) is 5.91 Å². The first-order chi connectivity index (χ1) is 17.0. The van der Waals surface area contributed by atoms with E-state index in [0.717, 1.165) is 37.8 Å². The highest BCUT2D eigenvalue weighted by Gasteiger charge is 2.17. The average Bonchev–Trinajstić information content (AvgIpc) is 2.90. The molecule has 0 unspecified atom stereocenters. The van der Waals surface area contributed by atoms with Crippen molar-refractivity contribution in [1.82, 2.24) is 9.80 Å². The van der Waals surface area contributed by atoms with Gasteiger partial charge in [-0.3, -0.25) is 9.69 Å². The SMILES string of the molecule is C=O.C=O.CC(=O)Nc1cccc(N2CCN(CCCCN(C)C)CC2)c1.CCC1CCCCC1. The van der Waals surface area contributed by atoms with E-state index in [2.05, 4.69) is 53.2 Å². The fourth-order valence-corrected chi connectivity index (χ4v) is 4.57. The third-order valence-corrected chi connectivity index (χ3v) is 6.54. The summed E-state index contributed by atoms with van der Waals surface area (Å²) < 4.78 is 0. The van der Waals surface area contributed by atoms with Crippen LogP contribution in [0.25, 0.3) is 0 Å². The second-order valence-electron chi connectivity index (χ2n) is 9.48. The number of carbonyl (C=O) groups is 3. The average molecular weight is 491 g/mol. The van der Waals surface area contributed by atoms with Crippen LogP contribution in [-0.4, -0.2) is 82.6 Å². The maximum Gasteiger partial charge on any atom is 0.221 e. The maximum atomic E-state index is 11.2. The predicted octanol–water partition coefficient (Wildman–Crippen LogP) is 4.72. The van der Waals surface area contributed by atoms with Crippen LogP contribution in [0.5, 0.6) is 0 Å². The topological polar surface area (TPSA) is 73.0 Å². The molecule has 7 nitrogen and oxygen atoms in total. The van der Waals surface area contributed by atoms with Crippen LogP contribution < -0.4 is 10.2 Å². The van der Waals surface area contributed by atoms with E-state index in [0.29, 0.717) is 0 Å². The summed E-state index contributed by atoms with van der Waals surface area (Å²) in [6.45, 7) is 14.6. The first-order valence-electron chi connectivity index (χ1n) is 13.1. The molecule has 1 aliphatic heterocycles. The third-order valence-electron chi connectivity index (χ3n) is 6.54. The Morgan fingerprint density at radius 2 is 1.63 bits per heavy atom. The number of nitrogens with zero attached hydrogens (tertiary/aromatic N) is 3. The van der Waals surface area contributed by atoms with Gasteiger partial charge >= 0.3 is 0 Å². The second-order valence-corrected chi connectivity index (χ2v) is 9.48. The molecule has 0 bridgehead atoms. The van der Waals surface area contributed by atoms with Gasteiger partial charge in [-0.05, 0) is 64.1 Å². The number of benzene rings is 1. The minimum atomic E-state index is -0.0234. The molecule has 0 spiro atoms. The predicted molar refractivity (Wildman–Crippen MR) is 148 cm³/mol. The van der Waals surface area contributed by atoms with Gasteiger partial charge in [0.25, 0.3) is 0 Å². The number of amides is 1. The van der Waals surface area contributed by atoms with E-state index in [9.17, 15) is 4.79 Å². The summed E-state index contributed by atoms with van der Waals surface area (Å²) in [4.78, 5) is 34.4. The summed E-state index contributed by atoms with van der Waals surface area (Å²) in [5, 5.41) is 2.86. The number of piperazine rings is 1. The van der Waals surface area contributed by atoms with Crippen molar-refractivity contribution in [3.05, 3.63) is 24.3 Å². The van der Waals surface area contributed by atoms with Gasteiger partial charge in [-0.25, -0.2) is 0 Å². The summed E-state index contributed by atoms with van der Waals surface area (Å²) in [6, 6.07) is 8.13. The molecular formula is C28H50N4O3. The van der Waals surface area contributed by atoms with Crippen molar-refractivity contribution < 1.29 is 14.4 Å². The number of unbranched alkanes of at least 4 members (excludes halogenated alkanes) is 1. The molecule has 1 amide bonds. The van der Waals surface area contributed by atoms with Crippen LogP contribution >= 0.6 is 0 Å². The molecule has 2 fully saturated rings. The molecule has 1 saturated carbocycles. The zero-order valence-corrected chi connectivity index (χ0v) is 22.8. The lowest BCUT2D eigenvalue weighted by molar-refractivity contribution is -0.114. The molecule has 7 heteroatoms. The van der Waals surface area contributed by atoms with Gasteiger partial charge in [0, 0.05) is 44.5 Å². The minimum Gasteiger partial charge on any atom is -0.369 e. The highest BCUT2D eigenvalue weighted by Crippen LogP contribution is 2.25. The molecule has 2 aliphatic rings. The Balaban J connectivity index is 0.000000801. The number of carbonyl (C=O) groups excluding carboxylic acids is 3. The Bertz CT molecular complexity index is 655. The standard InChI is InChI=1S/C18H30N4O.C8H16.2CH2O/c1-16(23)19-17-7-6-8-18(15-17)22-13-11-21(12-14-22)10-5-4-9-20(2)3;1-2-8-6-4-3-5-7-8;2*1-2/h6-8,15H,4-5,9-14H2,1-3H3,(H,19,23);8H,2-7H2,1H3;2*1H2. The normalized spacial score (nSPS) is 16.1. The van der Waals surface area contributed by atoms with Crippen LogP contribution in [0.15, 0.2) is 24.3 Å². The lowest BCUT2D eigenvalue weighted by atomic mass is 9.88. The quantitative estimate of drug-likeness (QED) is 0.532. The molecule has 0 radical (unpaired) electrons. The van der Waals surface area contributed by atoms with E-state index in [1.165, 1.54) is 70.1 Å². The van der Waals surface area contributed by atoms with Crippen molar-refractivity contribution in [1.29, 1.82) is 0 Å². The molecule has 0 aromatic heterocycles. The van der Waals surface area contributed by atoms with Crippen LogP contribution in [0.2, 0.25) is 0 Å². The lowest BCUT2D eigenvalue weighted by Crippen LogP contribution is -2.46. The molecule has 200 valence electrons. The number of hydrogen-bond donors (Lipinski definition) is 1. The zero-order chi connectivity index (χ0) is 26.5. The van der Waals surface area contributed by atoms with Gasteiger partial charge in [-0.15, -0.1) is 0 Å².